The predicted octanol–water partition coefficient (Wildman–Crippen LogP) is 4.05. The first kappa shape index (κ1) is 15.9. The molecule has 3 heteroatoms. The lowest BCUT2D eigenvalue weighted by Crippen LogP contribution is -2.37. The van der Waals surface area contributed by atoms with Gasteiger partial charge in [-0.15, -0.1) is 11.8 Å². The Morgan fingerprint density at radius 3 is 2.90 bits per heavy atom. The van der Waals surface area contributed by atoms with Gasteiger partial charge in [0.15, 0.2) is 0 Å². The van der Waals surface area contributed by atoms with E-state index in [1.165, 1.54) is 23.3 Å². The summed E-state index contributed by atoms with van der Waals surface area (Å²) >= 11 is 1.82. The molecule has 0 N–H and O–H groups in total. The Kier molecular flexibility index (Phi) is 6.40. The number of hydrogen-bond acceptors (Lipinski definition) is 3. The molecule has 0 aromatic heterocycles. The van der Waals surface area contributed by atoms with Crippen LogP contribution in [0.5, 0.6) is 0 Å². The molecule has 1 heterocycles. The highest BCUT2D eigenvalue weighted by molar-refractivity contribution is 7.98. The monoisotopic (exact) mass is 293 g/mol. The average Bonchev–Trinajstić information content (AvgIpc) is 2.48. The zero-order valence-electron chi connectivity index (χ0n) is 13.0. The summed E-state index contributed by atoms with van der Waals surface area (Å²) in [5.41, 5.74) is 1.42. The summed E-state index contributed by atoms with van der Waals surface area (Å²) in [5, 5.41) is 0. The normalized spacial score (nSPS) is 19.8. The molecule has 112 valence electrons. The third-order valence-electron chi connectivity index (χ3n) is 4.00. The number of nitrogens with zero attached hydrogens (tertiary/aromatic N) is 1. The van der Waals surface area contributed by atoms with E-state index in [1.807, 2.05) is 11.8 Å². The van der Waals surface area contributed by atoms with Crippen molar-refractivity contribution in [2.24, 2.45) is 5.92 Å². The summed E-state index contributed by atoms with van der Waals surface area (Å²) in [5.74, 6) is 0.704. The molecule has 1 aromatic carbocycles. The minimum absolute atomic E-state index is 0.579. The van der Waals surface area contributed by atoms with Crippen molar-refractivity contribution in [2.75, 3.05) is 26.0 Å². The Bertz CT molecular complexity index is 402. The summed E-state index contributed by atoms with van der Waals surface area (Å²) in [4.78, 5) is 3.94. The molecule has 1 saturated heterocycles. The van der Waals surface area contributed by atoms with Crippen LogP contribution in [0.1, 0.15) is 32.3 Å². The van der Waals surface area contributed by atoms with Crippen LogP contribution in [0.15, 0.2) is 29.2 Å². The van der Waals surface area contributed by atoms with Gasteiger partial charge in [0.2, 0.25) is 0 Å². The highest BCUT2D eigenvalue weighted by Gasteiger charge is 2.19. The van der Waals surface area contributed by atoms with Gasteiger partial charge in [-0.2, -0.15) is 0 Å². The molecule has 1 fully saturated rings. The third kappa shape index (κ3) is 4.80. The Morgan fingerprint density at radius 2 is 2.25 bits per heavy atom. The van der Waals surface area contributed by atoms with Crippen LogP contribution in [0, 0.1) is 5.92 Å². The van der Waals surface area contributed by atoms with Crippen LogP contribution in [-0.2, 0) is 11.3 Å². The van der Waals surface area contributed by atoms with Crippen molar-refractivity contribution >= 4 is 11.8 Å². The Labute approximate surface area is 127 Å². The Hall–Kier alpha value is -0.510. The lowest BCUT2D eigenvalue weighted by Gasteiger charge is -2.32. The molecule has 20 heavy (non-hydrogen) atoms. The largest absolute Gasteiger partial charge is 0.381 e. The molecular weight excluding hydrogens is 266 g/mol. The van der Waals surface area contributed by atoms with E-state index >= 15 is 0 Å². The number of benzene rings is 1. The quantitative estimate of drug-likeness (QED) is 0.734. The molecule has 0 radical (unpaired) electrons. The molecule has 2 rings (SSSR count). The molecule has 0 aliphatic carbocycles. The fraction of sp³-hybridized carbons (Fsp3) is 0.647. The third-order valence-corrected chi connectivity index (χ3v) is 4.72. The zero-order chi connectivity index (χ0) is 14.4. The van der Waals surface area contributed by atoms with E-state index in [0.29, 0.717) is 12.0 Å². The van der Waals surface area contributed by atoms with Crippen molar-refractivity contribution < 1.29 is 4.74 Å². The molecule has 1 aliphatic heterocycles. The lowest BCUT2D eigenvalue weighted by molar-refractivity contribution is 0.0318. The van der Waals surface area contributed by atoms with Gasteiger partial charge in [0, 0.05) is 30.6 Å². The molecule has 1 atom stereocenters. The van der Waals surface area contributed by atoms with Crippen molar-refractivity contribution in [2.45, 2.75) is 44.2 Å². The highest BCUT2D eigenvalue weighted by Crippen LogP contribution is 2.20. The summed E-state index contributed by atoms with van der Waals surface area (Å²) in [7, 11) is 0. The summed E-state index contributed by atoms with van der Waals surface area (Å²) in [6.07, 6.45) is 4.67. The van der Waals surface area contributed by atoms with Crippen LogP contribution >= 0.6 is 11.8 Å². The van der Waals surface area contributed by atoms with Gasteiger partial charge in [0.25, 0.3) is 0 Å². The molecule has 0 bridgehead atoms. The molecule has 1 aliphatic rings. The first-order valence-corrected chi connectivity index (χ1v) is 8.86. The minimum Gasteiger partial charge on any atom is -0.381 e. The highest BCUT2D eigenvalue weighted by atomic mass is 32.2. The minimum atomic E-state index is 0.579. The van der Waals surface area contributed by atoms with Gasteiger partial charge in [-0.1, -0.05) is 12.1 Å². The van der Waals surface area contributed by atoms with E-state index in [1.54, 1.807) is 0 Å². The van der Waals surface area contributed by atoms with Gasteiger partial charge in [-0.05, 0) is 56.6 Å². The number of ether oxygens (including phenoxy) is 1. The summed E-state index contributed by atoms with van der Waals surface area (Å²) in [6.45, 7) is 8.68. The molecular formula is C17H27NOS. The fourth-order valence-corrected chi connectivity index (χ4v) is 3.23. The second kappa shape index (κ2) is 8.06. The van der Waals surface area contributed by atoms with Gasteiger partial charge in [-0.25, -0.2) is 0 Å². The van der Waals surface area contributed by atoms with Crippen molar-refractivity contribution in [3.05, 3.63) is 29.8 Å². The number of thioether (sulfide) groups is 1. The predicted molar refractivity (Wildman–Crippen MR) is 87.3 cm³/mol. The topological polar surface area (TPSA) is 12.5 Å². The maximum absolute atomic E-state index is 5.62. The van der Waals surface area contributed by atoms with Crippen LogP contribution in [0.25, 0.3) is 0 Å². The van der Waals surface area contributed by atoms with E-state index in [-0.39, 0.29) is 0 Å². The summed E-state index contributed by atoms with van der Waals surface area (Å²) < 4.78 is 5.62. The molecule has 0 amide bonds. The molecule has 1 aromatic rings. The van der Waals surface area contributed by atoms with E-state index in [0.717, 1.165) is 26.3 Å². The molecule has 1 unspecified atom stereocenters. The number of hydrogen-bond donors (Lipinski definition) is 0. The van der Waals surface area contributed by atoms with Crippen molar-refractivity contribution in [3.63, 3.8) is 0 Å². The van der Waals surface area contributed by atoms with Gasteiger partial charge in [-0.3, -0.25) is 4.90 Å². The smallest absolute Gasteiger partial charge is 0.0506 e. The van der Waals surface area contributed by atoms with Crippen LogP contribution in [-0.4, -0.2) is 37.0 Å². The van der Waals surface area contributed by atoms with Gasteiger partial charge < -0.3 is 4.74 Å². The van der Waals surface area contributed by atoms with Crippen LogP contribution < -0.4 is 0 Å². The maximum atomic E-state index is 5.62. The fourth-order valence-electron chi connectivity index (χ4n) is 2.75. The van der Waals surface area contributed by atoms with Crippen LogP contribution in [0.2, 0.25) is 0 Å². The van der Waals surface area contributed by atoms with Gasteiger partial charge >= 0.3 is 0 Å². The second-order valence-corrected chi connectivity index (χ2v) is 6.84. The standard InChI is InChI=1S/C17H27NOS/c1-14(2)18(12-16-7-5-9-19-13-16)11-15-6-4-8-17(10-15)20-3/h4,6,8,10,14,16H,5,7,9,11-13H2,1-3H3. The Balaban J connectivity index is 1.97. The molecule has 2 nitrogen and oxygen atoms in total. The first-order chi connectivity index (χ1) is 9.69. The SMILES string of the molecule is CSc1cccc(CN(CC2CCCOC2)C(C)C)c1. The van der Waals surface area contributed by atoms with Crippen molar-refractivity contribution in [1.82, 2.24) is 4.90 Å². The molecule has 0 saturated carbocycles. The van der Waals surface area contributed by atoms with E-state index in [9.17, 15) is 0 Å². The molecule has 0 spiro atoms. The van der Waals surface area contributed by atoms with Crippen LogP contribution in [0.4, 0.5) is 0 Å². The lowest BCUT2D eigenvalue weighted by atomic mass is 10.0. The van der Waals surface area contributed by atoms with E-state index in [4.69, 9.17) is 4.74 Å². The average molecular weight is 293 g/mol. The first-order valence-electron chi connectivity index (χ1n) is 7.63. The zero-order valence-corrected chi connectivity index (χ0v) is 13.8. The van der Waals surface area contributed by atoms with Crippen LogP contribution in [0.3, 0.4) is 0 Å². The second-order valence-electron chi connectivity index (χ2n) is 5.96. The number of rotatable bonds is 6. The van der Waals surface area contributed by atoms with Gasteiger partial charge in [0.1, 0.15) is 0 Å². The van der Waals surface area contributed by atoms with E-state index in [2.05, 4.69) is 49.3 Å². The van der Waals surface area contributed by atoms with E-state index < -0.39 is 0 Å². The summed E-state index contributed by atoms with van der Waals surface area (Å²) in [6, 6.07) is 9.49. The van der Waals surface area contributed by atoms with Crippen molar-refractivity contribution in [3.8, 4) is 0 Å². The maximum Gasteiger partial charge on any atom is 0.0506 e. The van der Waals surface area contributed by atoms with Gasteiger partial charge in [0.05, 0.1) is 6.61 Å². The van der Waals surface area contributed by atoms with Crippen molar-refractivity contribution in [1.29, 1.82) is 0 Å². The Morgan fingerprint density at radius 1 is 1.40 bits per heavy atom.